The van der Waals surface area contributed by atoms with Crippen molar-refractivity contribution in [3.8, 4) is 0 Å². The van der Waals surface area contributed by atoms with E-state index < -0.39 is 20.2 Å². The molecule has 0 radical (unpaired) electrons. The Morgan fingerprint density at radius 3 is 1.86 bits per heavy atom. The first-order chi connectivity index (χ1) is 5.95. The van der Waals surface area contributed by atoms with E-state index in [2.05, 4.69) is 0 Å². The number of rotatable bonds is 1. The van der Waals surface area contributed by atoms with Crippen molar-refractivity contribution < 1.29 is 79.6 Å². The summed E-state index contributed by atoms with van der Waals surface area (Å²) in [5, 5.41) is 21.5. The molecule has 14 heavy (non-hydrogen) atoms. The van der Waals surface area contributed by atoms with Gasteiger partial charge in [-0.3, -0.25) is 0 Å². The van der Waals surface area contributed by atoms with E-state index in [1.54, 1.807) is 0 Å². The minimum Gasteiger partial charge on any atom is -0.404 e. The Morgan fingerprint density at radius 2 is 1.71 bits per heavy atom. The minimum atomic E-state index is -2.17. The molecular weight excluding hydrogens is 229 g/mol. The maximum absolute atomic E-state index is 12.3. The third-order valence-electron chi connectivity index (χ3n) is 1.40. The zero-order valence-corrected chi connectivity index (χ0v) is 10.8. The molecule has 0 bridgehead atoms. The van der Waals surface area contributed by atoms with E-state index in [1.807, 2.05) is 0 Å². The van der Waals surface area contributed by atoms with Gasteiger partial charge < -0.3 is 28.8 Å². The summed E-state index contributed by atoms with van der Waals surface area (Å²) >= 11 is 0. The van der Waals surface area contributed by atoms with Gasteiger partial charge in [-0.2, -0.15) is 0 Å². The molecule has 4 nitrogen and oxygen atoms in total. The third kappa shape index (κ3) is 8.62. The van der Waals surface area contributed by atoms with Crippen LogP contribution in [-0.2, 0) is 0 Å². The van der Waals surface area contributed by atoms with Gasteiger partial charge in [-0.25, -0.2) is 4.39 Å². The first kappa shape index (κ1) is 17.7. The molecule has 0 amide bonds. The van der Waals surface area contributed by atoms with Gasteiger partial charge in [0.15, 0.2) is 0 Å². The van der Waals surface area contributed by atoms with E-state index in [9.17, 15) is 13.2 Å². The zero-order valence-electron chi connectivity index (χ0n) is 7.70. The molecule has 0 spiro atoms. The molecule has 1 aliphatic heterocycles. The molecule has 1 rings (SSSR count). The van der Waals surface area contributed by atoms with E-state index in [-0.39, 0.29) is 64.4 Å². The molecule has 1 heterocycles. The summed E-state index contributed by atoms with van der Waals surface area (Å²) in [4.78, 5) is 0.486. The normalized spacial score (nSPS) is 21.2. The van der Waals surface area contributed by atoms with Crippen LogP contribution in [0.5, 0.6) is 0 Å². The fourth-order valence-corrected chi connectivity index (χ4v) is 0.916. The van der Waals surface area contributed by atoms with Crippen molar-refractivity contribution in [2.45, 2.75) is 19.1 Å². The Balaban J connectivity index is 0. The molecule has 0 aromatic heterocycles. The standard InChI is InChI=1S/C5H7F3N.BH3O3.K/c6-4-2-1-3-9(4)5(7)8;2-1(3)4;/h4H,1-3H2;2-4H;/q-1;;+1. The van der Waals surface area contributed by atoms with Crippen LogP contribution in [0.15, 0.2) is 0 Å². The molecule has 3 N–H and O–H groups in total. The Labute approximate surface area is 123 Å². The van der Waals surface area contributed by atoms with Crippen molar-refractivity contribution in [3.63, 3.8) is 0 Å². The van der Waals surface area contributed by atoms with Gasteiger partial charge in [0, 0.05) is 0 Å². The van der Waals surface area contributed by atoms with Crippen molar-refractivity contribution in [2.75, 3.05) is 6.54 Å². The molecule has 0 aromatic rings. The summed E-state index contributed by atoms with van der Waals surface area (Å²) in [7, 11) is -2.17. The average Bonchev–Trinajstić information content (AvgIpc) is 2.33. The molecule has 1 saturated heterocycles. The Hall–Kier alpha value is 1.33. The number of hydrogen-bond acceptors (Lipinski definition) is 4. The van der Waals surface area contributed by atoms with Crippen molar-refractivity contribution in [3.05, 3.63) is 6.55 Å². The molecule has 9 heteroatoms. The van der Waals surface area contributed by atoms with Crippen LogP contribution in [0.4, 0.5) is 13.2 Å². The van der Waals surface area contributed by atoms with Crippen LogP contribution in [0.3, 0.4) is 0 Å². The number of halogens is 3. The molecule has 1 fully saturated rings. The smallest absolute Gasteiger partial charge is 0.404 e. The van der Waals surface area contributed by atoms with Crippen LogP contribution in [0.25, 0.3) is 0 Å². The van der Waals surface area contributed by atoms with Gasteiger partial charge in [-0.1, -0.05) is 0 Å². The summed E-state index contributed by atoms with van der Waals surface area (Å²) < 4.78 is 35.4. The fraction of sp³-hybridized carbons (Fsp3) is 0.800. The van der Waals surface area contributed by atoms with E-state index in [0.29, 0.717) is 11.3 Å². The minimum absolute atomic E-state index is 0. The van der Waals surface area contributed by atoms with Gasteiger partial charge in [0.05, 0.1) is 6.55 Å². The maximum atomic E-state index is 12.3. The predicted octanol–water partition coefficient (Wildman–Crippen LogP) is -3.28. The average molecular weight is 239 g/mol. The summed E-state index contributed by atoms with van der Waals surface area (Å²) in [6.45, 7) is -1.75. The second kappa shape index (κ2) is 9.55. The maximum Gasteiger partial charge on any atom is 1.00 e. The van der Waals surface area contributed by atoms with Crippen LogP contribution < -0.4 is 51.4 Å². The number of hydrogen-bond donors (Lipinski definition) is 3. The van der Waals surface area contributed by atoms with Crippen molar-refractivity contribution in [1.29, 1.82) is 0 Å². The molecule has 1 atom stereocenters. The second-order valence-corrected chi connectivity index (χ2v) is 2.36. The quantitative estimate of drug-likeness (QED) is 0.255. The van der Waals surface area contributed by atoms with Crippen molar-refractivity contribution in [1.82, 2.24) is 4.90 Å². The van der Waals surface area contributed by atoms with Crippen molar-refractivity contribution in [2.24, 2.45) is 0 Å². The monoisotopic (exact) mass is 239 g/mol. The van der Waals surface area contributed by atoms with Crippen LogP contribution in [-0.4, -0.2) is 40.1 Å². The number of nitrogens with zero attached hydrogens (tertiary/aromatic N) is 1. The Bertz CT molecular complexity index is 143. The Kier molecular flexibility index (Phi) is 12.1. The molecule has 0 aliphatic carbocycles. The molecule has 0 aromatic carbocycles. The van der Waals surface area contributed by atoms with E-state index >= 15 is 0 Å². The predicted molar refractivity (Wildman–Crippen MR) is 38.7 cm³/mol. The van der Waals surface area contributed by atoms with E-state index in [1.165, 1.54) is 0 Å². The first-order valence-corrected chi connectivity index (χ1v) is 3.58. The largest absolute Gasteiger partial charge is 1.00 e. The molecular formula is C5H10BF3KNO3. The fourth-order valence-electron chi connectivity index (χ4n) is 0.916. The second-order valence-electron chi connectivity index (χ2n) is 2.36. The summed E-state index contributed by atoms with van der Waals surface area (Å²) in [6, 6.07) is 0. The summed E-state index contributed by atoms with van der Waals surface area (Å²) in [6.07, 6.45) is -0.689. The van der Waals surface area contributed by atoms with Gasteiger partial charge in [0.1, 0.15) is 6.30 Å². The molecule has 0 saturated carbocycles. The number of likely N-dealkylation sites (tertiary alicyclic amines) is 1. The first-order valence-electron chi connectivity index (χ1n) is 3.58. The van der Waals surface area contributed by atoms with Gasteiger partial charge in [0.25, 0.3) is 0 Å². The Morgan fingerprint density at radius 1 is 1.29 bits per heavy atom. The van der Waals surface area contributed by atoms with Crippen LogP contribution in [0.1, 0.15) is 12.8 Å². The van der Waals surface area contributed by atoms with Gasteiger partial charge in [0.2, 0.25) is 0 Å². The van der Waals surface area contributed by atoms with Crippen LogP contribution >= 0.6 is 0 Å². The third-order valence-corrected chi connectivity index (χ3v) is 1.40. The van der Waals surface area contributed by atoms with E-state index in [0.717, 1.165) is 0 Å². The molecule has 1 aliphatic rings. The van der Waals surface area contributed by atoms with Gasteiger partial charge >= 0.3 is 58.7 Å². The summed E-state index contributed by atoms with van der Waals surface area (Å²) in [5.74, 6) is 0. The van der Waals surface area contributed by atoms with Crippen LogP contribution in [0.2, 0.25) is 0 Å². The van der Waals surface area contributed by atoms with Gasteiger partial charge in [-0.05, 0) is 19.4 Å². The van der Waals surface area contributed by atoms with E-state index in [4.69, 9.17) is 15.1 Å². The zero-order chi connectivity index (χ0) is 10.4. The topological polar surface area (TPSA) is 63.9 Å². The van der Waals surface area contributed by atoms with Gasteiger partial charge in [-0.15, -0.1) is 0 Å². The van der Waals surface area contributed by atoms with Crippen LogP contribution in [0, 0.1) is 6.55 Å². The SMILES string of the molecule is F[C-](F)N1CCCC1F.OB(O)O.[K+]. The molecule has 78 valence electrons. The number of alkyl halides is 1. The van der Waals surface area contributed by atoms with Crippen molar-refractivity contribution >= 4 is 7.32 Å². The summed E-state index contributed by atoms with van der Waals surface area (Å²) in [5.41, 5.74) is 0. The molecule has 1 unspecified atom stereocenters.